The Bertz CT molecular complexity index is 524. The molecule has 18 heavy (non-hydrogen) atoms. The van der Waals surface area contributed by atoms with Crippen LogP contribution in [0, 0.1) is 0 Å². The van der Waals surface area contributed by atoms with E-state index in [0.717, 1.165) is 50.5 Å². The zero-order chi connectivity index (χ0) is 12.6. The molecular weight excluding hydrogens is 226 g/mol. The van der Waals surface area contributed by atoms with E-state index >= 15 is 0 Å². The average Bonchev–Trinajstić information content (AvgIpc) is 2.98. The van der Waals surface area contributed by atoms with Crippen molar-refractivity contribution in [1.29, 1.82) is 0 Å². The fourth-order valence-corrected chi connectivity index (χ4v) is 3.64. The summed E-state index contributed by atoms with van der Waals surface area (Å²) in [5, 5.41) is 10.2. The molecule has 1 N–H and O–H groups in total. The van der Waals surface area contributed by atoms with Crippen LogP contribution in [0.2, 0.25) is 0 Å². The SMILES string of the molecule is O=C=NC1(c2c(O)ccc3c2CCC3)CCCC1. The molecule has 0 bridgehead atoms. The van der Waals surface area contributed by atoms with Gasteiger partial charge in [-0.3, -0.25) is 0 Å². The molecule has 1 aromatic rings. The van der Waals surface area contributed by atoms with Crippen LogP contribution in [-0.2, 0) is 23.2 Å². The van der Waals surface area contributed by atoms with E-state index in [1.165, 1.54) is 11.1 Å². The van der Waals surface area contributed by atoms with Gasteiger partial charge in [0.25, 0.3) is 0 Å². The number of carbonyl (C=O) groups excluding carboxylic acids is 1. The predicted molar refractivity (Wildman–Crippen MR) is 68.4 cm³/mol. The van der Waals surface area contributed by atoms with Crippen molar-refractivity contribution in [2.75, 3.05) is 0 Å². The number of hydrogen-bond donors (Lipinski definition) is 1. The fourth-order valence-electron chi connectivity index (χ4n) is 3.64. The number of aliphatic imine (C=N–C) groups is 1. The van der Waals surface area contributed by atoms with Gasteiger partial charge >= 0.3 is 0 Å². The molecule has 2 aliphatic rings. The Kier molecular flexibility index (Phi) is 2.71. The summed E-state index contributed by atoms with van der Waals surface area (Å²) in [6, 6.07) is 3.77. The quantitative estimate of drug-likeness (QED) is 0.641. The number of phenols is 1. The van der Waals surface area contributed by atoms with Gasteiger partial charge in [0.05, 0.1) is 0 Å². The van der Waals surface area contributed by atoms with Gasteiger partial charge in [-0.2, -0.15) is 4.99 Å². The number of isocyanates is 1. The van der Waals surface area contributed by atoms with E-state index in [-0.39, 0.29) is 0 Å². The van der Waals surface area contributed by atoms with Crippen molar-refractivity contribution in [3.63, 3.8) is 0 Å². The molecule has 0 aliphatic heterocycles. The van der Waals surface area contributed by atoms with Crippen LogP contribution in [0.5, 0.6) is 5.75 Å². The molecule has 1 fully saturated rings. The molecule has 0 heterocycles. The number of hydrogen-bond acceptors (Lipinski definition) is 3. The van der Waals surface area contributed by atoms with Gasteiger partial charge in [-0.15, -0.1) is 0 Å². The van der Waals surface area contributed by atoms with Crippen molar-refractivity contribution >= 4 is 6.08 Å². The fraction of sp³-hybridized carbons (Fsp3) is 0.533. The molecule has 3 rings (SSSR count). The first-order valence-electron chi connectivity index (χ1n) is 6.70. The van der Waals surface area contributed by atoms with Crippen molar-refractivity contribution in [1.82, 2.24) is 0 Å². The second kappa shape index (κ2) is 4.25. The van der Waals surface area contributed by atoms with Crippen molar-refractivity contribution < 1.29 is 9.90 Å². The molecule has 0 radical (unpaired) electrons. The lowest BCUT2D eigenvalue weighted by Crippen LogP contribution is -2.21. The highest BCUT2D eigenvalue weighted by molar-refractivity contribution is 5.52. The van der Waals surface area contributed by atoms with Crippen LogP contribution in [-0.4, -0.2) is 11.2 Å². The first kappa shape index (κ1) is 11.5. The lowest BCUT2D eigenvalue weighted by atomic mass is 9.83. The van der Waals surface area contributed by atoms with Gasteiger partial charge in [-0.25, -0.2) is 4.79 Å². The van der Waals surface area contributed by atoms with Gasteiger partial charge in [-0.1, -0.05) is 18.9 Å². The maximum atomic E-state index is 10.8. The number of rotatable bonds is 2. The van der Waals surface area contributed by atoms with Crippen LogP contribution in [0.1, 0.15) is 48.8 Å². The monoisotopic (exact) mass is 243 g/mol. The Morgan fingerprint density at radius 1 is 1.17 bits per heavy atom. The number of aromatic hydroxyl groups is 1. The van der Waals surface area contributed by atoms with Gasteiger partial charge in [0.2, 0.25) is 6.08 Å². The van der Waals surface area contributed by atoms with Crippen molar-refractivity contribution in [3.05, 3.63) is 28.8 Å². The molecule has 0 unspecified atom stereocenters. The number of phenolic OH excluding ortho intramolecular Hbond substituents is 1. The molecule has 1 saturated carbocycles. The molecule has 1 aromatic carbocycles. The average molecular weight is 243 g/mol. The standard InChI is InChI=1S/C15H17NO2/c17-10-16-15(8-1-2-9-15)14-12-5-3-4-11(12)6-7-13(14)18/h6-7,18H,1-5,8-9H2. The van der Waals surface area contributed by atoms with Crippen LogP contribution in [0.3, 0.4) is 0 Å². The highest BCUT2D eigenvalue weighted by Crippen LogP contribution is 2.48. The van der Waals surface area contributed by atoms with Crippen molar-refractivity contribution in [2.45, 2.75) is 50.5 Å². The largest absolute Gasteiger partial charge is 0.508 e. The summed E-state index contributed by atoms with van der Waals surface area (Å²) in [5.41, 5.74) is 2.96. The molecular formula is C15H17NO2. The van der Waals surface area contributed by atoms with Gasteiger partial charge in [0, 0.05) is 5.56 Å². The summed E-state index contributed by atoms with van der Waals surface area (Å²) in [5.74, 6) is 0.302. The third-order valence-electron chi connectivity index (χ3n) is 4.42. The molecule has 0 atom stereocenters. The molecule has 0 spiro atoms. The van der Waals surface area contributed by atoms with Crippen LogP contribution in [0.4, 0.5) is 0 Å². The number of aryl methyl sites for hydroxylation is 1. The van der Waals surface area contributed by atoms with Crippen LogP contribution in [0.15, 0.2) is 17.1 Å². The third-order valence-corrected chi connectivity index (χ3v) is 4.42. The summed E-state index contributed by atoms with van der Waals surface area (Å²) in [4.78, 5) is 14.9. The van der Waals surface area contributed by atoms with E-state index in [1.807, 2.05) is 6.07 Å². The summed E-state index contributed by atoms with van der Waals surface area (Å²) < 4.78 is 0. The van der Waals surface area contributed by atoms with E-state index in [2.05, 4.69) is 4.99 Å². The van der Waals surface area contributed by atoms with E-state index in [0.29, 0.717) is 5.75 Å². The maximum absolute atomic E-state index is 10.8. The number of benzene rings is 1. The first-order chi connectivity index (χ1) is 8.77. The topological polar surface area (TPSA) is 49.7 Å². The molecule has 0 saturated heterocycles. The lowest BCUT2D eigenvalue weighted by molar-refractivity contribution is 0.405. The molecule has 0 amide bonds. The Balaban J connectivity index is 2.21. The smallest absolute Gasteiger partial charge is 0.235 e. The summed E-state index contributed by atoms with van der Waals surface area (Å²) in [6.07, 6.45) is 8.77. The summed E-state index contributed by atoms with van der Waals surface area (Å²) in [7, 11) is 0. The first-order valence-corrected chi connectivity index (χ1v) is 6.70. The Morgan fingerprint density at radius 2 is 1.94 bits per heavy atom. The van der Waals surface area contributed by atoms with Crippen molar-refractivity contribution in [3.8, 4) is 5.75 Å². The Morgan fingerprint density at radius 3 is 2.67 bits per heavy atom. The van der Waals surface area contributed by atoms with Gasteiger partial charge in [-0.05, 0) is 49.3 Å². The number of nitrogens with zero attached hydrogens (tertiary/aromatic N) is 1. The van der Waals surface area contributed by atoms with Gasteiger partial charge in [0.1, 0.15) is 11.3 Å². The molecule has 3 nitrogen and oxygen atoms in total. The van der Waals surface area contributed by atoms with Gasteiger partial charge < -0.3 is 5.11 Å². The minimum atomic E-state index is -0.498. The summed E-state index contributed by atoms with van der Waals surface area (Å²) in [6.45, 7) is 0. The van der Waals surface area contributed by atoms with Crippen LogP contribution < -0.4 is 0 Å². The van der Waals surface area contributed by atoms with Crippen LogP contribution >= 0.6 is 0 Å². The van der Waals surface area contributed by atoms with E-state index in [4.69, 9.17) is 0 Å². The van der Waals surface area contributed by atoms with Crippen LogP contribution in [0.25, 0.3) is 0 Å². The van der Waals surface area contributed by atoms with Crippen molar-refractivity contribution in [2.24, 2.45) is 4.99 Å². The normalized spacial score (nSPS) is 20.4. The maximum Gasteiger partial charge on any atom is 0.235 e. The van der Waals surface area contributed by atoms with E-state index < -0.39 is 5.54 Å². The van der Waals surface area contributed by atoms with E-state index in [1.54, 1.807) is 12.1 Å². The van der Waals surface area contributed by atoms with Gasteiger partial charge in [0.15, 0.2) is 0 Å². The zero-order valence-electron chi connectivity index (χ0n) is 10.4. The molecule has 2 aliphatic carbocycles. The predicted octanol–water partition coefficient (Wildman–Crippen LogP) is 2.99. The zero-order valence-corrected chi connectivity index (χ0v) is 10.4. The van der Waals surface area contributed by atoms with E-state index in [9.17, 15) is 9.90 Å². The highest BCUT2D eigenvalue weighted by atomic mass is 16.3. The molecule has 0 aromatic heterocycles. The Hall–Kier alpha value is -1.60. The minimum Gasteiger partial charge on any atom is -0.508 e. The molecule has 94 valence electrons. The number of fused-ring (bicyclic) bond motifs is 1. The Labute approximate surface area is 107 Å². The second-order valence-electron chi connectivity index (χ2n) is 5.39. The third kappa shape index (κ3) is 1.58. The second-order valence-corrected chi connectivity index (χ2v) is 5.39. The lowest BCUT2D eigenvalue weighted by Gasteiger charge is -2.26. The minimum absolute atomic E-state index is 0.302. The molecule has 3 heteroatoms. The summed E-state index contributed by atoms with van der Waals surface area (Å²) >= 11 is 0. The highest BCUT2D eigenvalue weighted by Gasteiger charge is 2.40.